The van der Waals surface area contributed by atoms with Crippen molar-refractivity contribution in [2.75, 3.05) is 38.8 Å². The summed E-state index contributed by atoms with van der Waals surface area (Å²) in [5.41, 5.74) is 2.84. The van der Waals surface area contributed by atoms with Crippen molar-refractivity contribution in [3.8, 4) is 17.3 Å². The minimum atomic E-state index is -0.0237. The van der Waals surface area contributed by atoms with Crippen LogP contribution in [0.5, 0.6) is 5.75 Å². The first-order chi connectivity index (χ1) is 13.6. The van der Waals surface area contributed by atoms with Crippen LogP contribution in [0.15, 0.2) is 18.3 Å². The number of methoxy groups -OCH3 is 1. The van der Waals surface area contributed by atoms with Gasteiger partial charge < -0.3 is 19.7 Å². The van der Waals surface area contributed by atoms with Crippen molar-refractivity contribution in [2.45, 2.75) is 31.7 Å². The number of aryl methyl sites for hydroxylation is 1. The normalized spacial score (nSPS) is 18.0. The molecule has 0 bridgehead atoms. The van der Waals surface area contributed by atoms with Crippen LogP contribution in [0.25, 0.3) is 11.5 Å². The zero-order chi connectivity index (χ0) is 19.5. The Bertz CT molecular complexity index is 867. The second kappa shape index (κ2) is 8.10. The molecule has 2 aliphatic rings. The van der Waals surface area contributed by atoms with E-state index in [1.807, 2.05) is 18.0 Å². The Morgan fingerprint density at radius 3 is 3.07 bits per heavy atom. The van der Waals surface area contributed by atoms with Crippen LogP contribution in [-0.4, -0.2) is 60.8 Å². The summed E-state index contributed by atoms with van der Waals surface area (Å²) in [4.78, 5) is 28.2. The van der Waals surface area contributed by atoms with Crippen molar-refractivity contribution in [2.24, 2.45) is 0 Å². The zero-order valence-electron chi connectivity index (χ0n) is 16.3. The van der Waals surface area contributed by atoms with Crippen LogP contribution < -0.4 is 15.0 Å². The van der Waals surface area contributed by atoms with E-state index in [1.54, 1.807) is 19.4 Å². The number of aromatic nitrogens is 3. The van der Waals surface area contributed by atoms with Crippen molar-refractivity contribution < 1.29 is 14.3 Å². The average molecular weight is 383 g/mol. The summed E-state index contributed by atoms with van der Waals surface area (Å²) in [6, 6.07) is 3.72. The number of nitrogens with zero attached hydrogens (tertiary/aromatic N) is 4. The van der Waals surface area contributed by atoms with Crippen molar-refractivity contribution in [1.29, 1.82) is 0 Å². The number of carbonyl (C=O) groups is 1. The summed E-state index contributed by atoms with van der Waals surface area (Å²) in [7, 11) is 3.52. The summed E-state index contributed by atoms with van der Waals surface area (Å²) in [5.74, 6) is 2.05. The number of rotatable bonds is 6. The predicted octanol–water partition coefficient (Wildman–Crippen LogP) is 1.38. The molecule has 28 heavy (non-hydrogen) atoms. The first-order valence-corrected chi connectivity index (χ1v) is 9.62. The van der Waals surface area contributed by atoms with Gasteiger partial charge in [-0.2, -0.15) is 0 Å². The van der Waals surface area contributed by atoms with Gasteiger partial charge in [0.1, 0.15) is 17.3 Å². The highest BCUT2D eigenvalue weighted by Gasteiger charge is 2.24. The van der Waals surface area contributed by atoms with Crippen molar-refractivity contribution in [1.82, 2.24) is 20.3 Å². The zero-order valence-corrected chi connectivity index (χ0v) is 16.3. The molecule has 0 spiro atoms. The van der Waals surface area contributed by atoms with E-state index in [2.05, 4.69) is 10.3 Å². The van der Waals surface area contributed by atoms with E-state index < -0.39 is 0 Å². The molecule has 8 heteroatoms. The van der Waals surface area contributed by atoms with Gasteiger partial charge in [-0.1, -0.05) is 0 Å². The molecule has 0 saturated carbocycles. The van der Waals surface area contributed by atoms with Gasteiger partial charge in [0.05, 0.1) is 26.3 Å². The van der Waals surface area contributed by atoms with Crippen LogP contribution in [0, 0.1) is 0 Å². The Hall–Kier alpha value is -2.74. The van der Waals surface area contributed by atoms with Crippen molar-refractivity contribution in [3.63, 3.8) is 0 Å². The molecule has 0 aromatic carbocycles. The third kappa shape index (κ3) is 3.91. The van der Waals surface area contributed by atoms with Crippen molar-refractivity contribution in [3.05, 3.63) is 29.6 Å². The van der Waals surface area contributed by atoms with E-state index in [0.717, 1.165) is 42.8 Å². The molecule has 0 radical (unpaired) electrons. The van der Waals surface area contributed by atoms with Gasteiger partial charge in [0, 0.05) is 37.2 Å². The number of pyridine rings is 1. The van der Waals surface area contributed by atoms with Gasteiger partial charge in [0.2, 0.25) is 5.91 Å². The topological polar surface area (TPSA) is 89.5 Å². The van der Waals surface area contributed by atoms with Gasteiger partial charge in [-0.25, -0.2) is 9.97 Å². The molecule has 1 fully saturated rings. The largest absolute Gasteiger partial charge is 0.497 e. The van der Waals surface area contributed by atoms with Crippen LogP contribution in [0.1, 0.15) is 24.1 Å². The number of likely N-dealkylation sites (N-methyl/N-ethyl adjacent to an activating group) is 1. The molecular weight excluding hydrogens is 358 g/mol. The molecule has 1 saturated heterocycles. The smallest absolute Gasteiger partial charge is 0.239 e. The lowest BCUT2D eigenvalue weighted by Crippen LogP contribution is -2.41. The molecule has 1 N–H and O–H groups in total. The molecule has 2 aromatic heterocycles. The fraction of sp³-hybridized carbons (Fsp3) is 0.500. The monoisotopic (exact) mass is 383 g/mol. The molecule has 4 rings (SSSR count). The molecule has 8 nitrogen and oxygen atoms in total. The Balaban J connectivity index is 1.58. The fourth-order valence-electron chi connectivity index (χ4n) is 3.72. The van der Waals surface area contributed by atoms with Crippen LogP contribution in [-0.2, 0) is 22.4 Å². The highest BCUT2D eigenvalue weighted by molar-refractivity contribution is 5.81. The van der Waals surface area contributed by atoms with Gasteiger partial charge in [-0.3, -0.25) is 9.78 Å². The highest BCUT2D eigenvalue weighted by atomic mass is 16.5. The summed E-state index contributed by atoms with van der Waals surface area (Å²) in [6.07, 6.45) is 5.45. The lowest BCUT2D eigenvalue weighted by molar-refractivity contribution is -0.120. The van der Waals surface area contributed by atoms with Gasteiger partial charge >= 0.3 is 0 Å². The fourth-order valence-corrected chi connectivity index (χ4v) is 3.72. The second-order valence-electron chi connectivity index (χ2n) is 7.21. The number of carbonyl (C=O) groups excluding carboxylic acids is 1. The second-order valence-corrected chi connectivity index (χ2v) is 7.21. The number of hydrogen-bond acceptors (Lipinski definition) is 7. The van der Waals surface area contributed by atoms with Gasteiger partial charge in [-0.15, -0.1) is 0 Å². The minimum Gasteiger partial charge on any atom is -0.497 e. The van der Waals surface area contributed by atoms with E-state index in [4.69, 9.17) is 19.4 Å². The lowest BCUT2D eigenvalue weighted by atomic mass is 10.2. The minimum absolute atomic E-state index is 0.0237. The molecule has 1 amide bonds. The number of hydrogen-bond donors (Lipinski definition) is 1. The van der Waals surface area contributed by atoms with E-state index in [-0.39, 0.29) is 18.5 Å². The molecule has 3 heterocycles. The van der Waals surface area contributed by atoms with E-state index >= 15 is 0 Å². The maximum absolute atomic E-state index is 12.4. The van der Waals surface area contributed by atoms with Gasteiger partial charge in [0.15, 0.2) is 5.82 Å². The molecule has 1 atom stereocenters. The number of ether oxygens (including phenoxy) is 2. The standard InChI is InChI=1S/C20H25N5O3/c1-25(11-18(26)22-13-7-9-28-12-13)20-15-4-3-5-16(15)23-19(24-20)17-10-14(27-2)6-8-21-17/h6,8,10,13H,3-5,7,9,11-12H2,1-2H3,(H,22,26)/t13-/m1/s1. The Morgan fingerprint density at radius 1 is 1.39 bits per heavy atom. The SMILES string of the molecule is COc1ccnc(-c2nc3c(c(N(C)CC(=O)N[C@@H]4CCOC4)n2)CCC3)c1. The number of fused-ring (bicyclic) bond motifs is 1. The van der Waals surface area contributed by atoms with Crippen LogP contribution >= 0.6 is 0 Å². The van der Waals surface area contributed by atoms with Crippen molar-refractivity contribution >= 4 is 11.7 Å². The maximum atomic E-state index is 12.4. The first-order valence-electron chi connectivity index (χ1n) is 9.62. The van der Waals surface area contributed by atoms with Crippen LogP contribution in [0.4, 0.5) is 5.82 Å². The Morgan fingerprint density at radius 2 is 2.29 bits per heavy atom. The molecule has 1 aliphatic heterocycles. The van der Waals surface area contributed by atoms with Crippen LogP contribution in [0.3, 0.4) is 0 Å². The highest BCUT2D eigenvalue weighted by Crippen LogP contribution is 2.31. The third-order valence-corrected chi connectivity index (χ3v) is 5.14. The van der Waals surface area contributed by atoms with E-state index in [1.165, 1.54) is 0 Å². The van der Waals surface area contributed by atoms with E-state index in [0.29, 0.717) is 30.5 Å². The molecule has 148 valence electrons. The average Bonchev–Trinajstić information content (AvgIpc) is 3.38. The molecular formula is C20H25N5O3. The first kappa shape index (κ1) is 18.6. The summed E-state index contributed by atoms with van der Waals surface area (Å²) in [5, 5.41) is 3.03. The molecule has 1 aliphatic carbocycles. The third-order valence-electron chi connectivity index (χ3n) is 5.14. The Kier molecular flexibility index (Phi) is 5.38. The van der Waals surface area contributed by atoms with Crippen LogP contribution in [0.2, 0.25) is 0 Å². The van der Waals surface area contributed by atoms with Gasteiger partial charge in [-0.05, 0) is 31.7 Å². The maximum Gasteiger partial charge on any atom is 0.239 e. The summed E-state index contributed by atoms with van der Waals surface area (Å²) >= 11 is 0. The Labute approximate surface area is 164 Å². The lowest BCUT2D eigenvalue weighted by Gasteiger charge is -2.22. The van der Waals surface area contributed by atoms with E-state index in [9.17, 15) is 4.79 Å². The van der Waals surface area contributed by atoms with Gasteiger partial charge in [0.25, 0.3) is 0 Å². The quantitative estimate of drug-likeness (QED) is 0.806. The molecule has 2 aromatic rings. The predicted molar refractivity (Wildman–Crippen MR) is 104 cm³/mol. The number of nitrogens with one attached hydrogen (secondary N) is 1. The molecule has 0 unspecified atom stereocenters. The summed E-state index contributed by atoms with van der Waals surface area (Å²) < 4.78 is 10.6. The summed E-state index contributed by atoms with van der Waals surface area (Å²) in [6.45, 7) is 1.53. The number of amides is 1. The number of anilines is 1.